The molecule has 0 saturated heterocycles. The lowest BCUT2D eigenvalue weighted by molar-refractivity contribution is 0.132. The molecular weight excluding hydrogens is 327 g/mol. The van der Waals surface area contributed by atoms with Crippen molar-refractivity contribution in [1.29, 1.82) is 0 Å². The number of halogens is 2. The van der Waals surface area contributed by atoms with Crippen LogP contribution in [0.1, 0.15) is 17.2 Å². The Bertz CT molecular complexity index is 818. The van der Waals surface area contributed by atoms with E-state index in [1.165, 1.54) is 12.1 Å². The van der Waals surface area contributed by atoms with Gasteiger partial charge in [-0.2, -0.15) is 0 Å². The van der Waals surface area contributed by atoms with Crippen molar-refractivity contribution in [3.63, 3.8) is 0 Å². The second-order valence-corrected chi connectivity index (χ2v) is 5.86. The van der Waals surface area contributed by atoms with Crippen LogP contribution < -0.4 is 5.32 Å². The number of hydrogen-bond acceptors (Lipinski definition) is 2. The minimum absolute atomic E-state index is 0. The zero-order chi connectivity index (χ0) is 16.4. The van der Waals surface area contributed by atoms with Crippen LogP contribution in [0.25, 0.3) is 10.9 Å². The number of para-hydroxylation sites is 1. The standard InChI is InChI=1S/C19H21FN2O.ClH/c1-13-5-3-6-14-9-10-22(18(13)14)19(17(23)12-21-2)15-7-4-8-16(20)11-15;/h3-11,17,19,21,23H,12H2,1-2H3;1H/t17-,19+;/m1./s1. The van der Waals surface area contributed by atoms with E-state index in [1.807, 2.05) is 48.0 Å². The van der Waals surface area contributed by atoms with E-state index in [4.69, 9.17) is 0 Å². The fraction of sp³-hybridized carbons (Fsp3) is 0.263. The molecule has 0 amide bonds. The van der Waals surface area contributed by atoms with E-state index in [1.54, 1.807) is 13.1 Å². The van der Waals surface area contributed by atoms with Gasteiger partial charge >= 0.3 is 0 Å². The van der Waals surface area contributed by atoms with Crippen LogP contribution in [0.15, 0.2) is 54.7 Å². The van der Waals surface area contributed by atoms with Crippen LogP contribution >= 0.6 is 12.4 Å². The second-order valence-electron chi connectivity index (χ2n) is 5.86. The molecule has 3 rings (SSSR count). The number of likely N-dealkylation sites (N-methyl/N-ethyl adjacent to an activating group) is 1. The van der Waals surface area contributed by atoms with Gasteiger partial charge in [-0.05, 0) is 48.7 Å². The Morgan fingerprint density at radius 3 is 2.62 bits per heavy atom. The van der Waals surface area contributed by atoms with Gasteiger partial charge in [-0.15, -0.1) is 12.4 Å². The van der Waals surface area contributed by atoms with Crippen LogP contribution in [0.4, 0.5) is 4.39 Å². The predicted molar refractivity (Wildman–Crippen MR) is 98.4 cm³/mol. The fourth-order valence-corrected chi connectivity index (χ4v) is 3.22. The first-order valence-corrected chi connectivity index (χ1v) is 7.76. The molecule has 0 saturated carbocycles. The number of rotatable bonds is 5. The summed E-state index contributed by atoms with van der Waals surface area (Å²) < 4.78 is 15.7. The van der Waals surface area contributed by atoms with Gasteiger partial charge in [0.25, 0.3) is 0 Å². The summed E-state index contributed by atoms with van der Waals surface area (Å²) in [5.41, 5.74) is 2.95. The minimum Gasteiger partial charge on any atom is -0.389 e. The highest BCUT2D eigenvalue weighted by atomic mass is 35.5. The summed E-state index contributed by atoms with van der Waals surface area (Å²) in [4.78, 5) is 0. The smallest absolute Gasteiger partial charge is 0.123 e. The van der Waals surface area contributed by atoms with Gasteiger partial charge in [0.1, 0.15) is 5.82 Å². The number of nitrogens with zero attached hydrogens (tertiary/aromatic N) is 1. The Morgan fingerprint density at radius 1 is 1.17 bits per heavy atom. The third-order valence-corrected chi connectivity index (χ3v) is 4.21. The minimum atomic E-state index is -0.669. The molecule has 2 N–H and O–H groups in total. The second kappa shape index (κ2) is 7.79. The van der Waals surface area contributed by atoms with Gasteiger partial charge in [-0.1, -0.05) is 30.3 Å². The molecule has 24 heavy (non-hydrogen) atoms. The summed E-state index contributed by atoms with van der Waals surface area (Å²) in [7, 11) is 1.80. The number of aromatic nitrogens is 1. The van der Waals surface area contributed by atoms with Gasteiger partial charge in [0, 0.05) is 12.7 Å². The first-order valence-electron chi connectivity index (χ1n) is 7.76. The summed E-state index contributed by atoms with van der Waals surface area (Å²) in [5, 5.41) is 14.8. The van der Waals surface area contributed by atoms with Crippen molar-refractivity contribution in [1.82, 2.24) is 9.88 Å². The summed E-state index contributed by atoms with van der Waals surface area (Å²) in [6.07, 6.45) is 1.29. The summed E-state index contributed by atoms with van der Waals surface area (Å²) >= 11 is 0. The van der Waals surface area contributed by atoms with E-state index in [-0.39, 0.29) is 24.3 Å². The SMILES string of the molecule is CNC[C@@H](O)[C@H](c1cccc(F)c1)n1ccc2cccc(C)c21.Cl. The maximum atomic E-state index is 13.7. The van der Waals surface area contributed by atoms with Gasteiger partial charge in [0.05, 0.1) is 17.7 Å². The Kier molecular flexibility index (Phi) is 5.99. The highest BCUT2D eigenvalue weighted by molar-refractivity contribution is 5.85. The summed E-state index contributed by atoms with van der Waals surface area (Å²) in [6.45, 7) is 2.47. The molecule has 0 spiro atoms. The molecular formula is C19H22ClFN2O. The molecule has 0 fully saturated rings. The Morgan fingerprint density at radius 2 is 1.92 bits per heavy atom. The number of nitrogens with one attached hydrogen (secondary N) is 1. The van der Waals surface area contributed by atoms with E-state index < -0.39 is 6.10 Å². The molecule has 0 bridgehead atoms. The van der Waals surface area contributed by atoms with Crippen LogP contribution in [0.3, 0.4) is 0 Å². The molecule has 2 atom stereocenters. The number of hydrogen-bond donors (Lipinski definition) is 2. The molecule has 0 aliphatic carbocycles. The number of aliphatic hydroxyl groups excluding tert-OH is 1. The van der Waals surface area contributed by atoms with Crippen LogP contribution in [-0.2, 0) is 0 Å². The van der Waals surface area contributed by atoms with Crippen LogP contribution in [0, 0.1) is 12.7 Å². The molecule has 0 aliphatic heterocycles. The highest BCUT2D eigenvalue weighted by Gasteiger charge is 2.24. The van der Waals surface area contributed by atoms with E-state index in [0.717, 1.165) is 22.0 Å². The van der Waals surface area contributed by atoms with Crippen molar-refractivity contribution < 1.29 is 9.50 Å². The van der Waals surface area contributed by atoms with Crippen molar-refractivity contribution in [2.24, 2.45) is 0 Å². The van der Waals surface area contributed by atoms with Crippen molar-refractivity contribution >= 4 is 23.3 Å². The molecule has 2 aromatic carbocycles. The van der Waals surface area contributed by atoms with Gasteiger partial charge in [0.2, 0.25) is 0 Å². The summed E-state index contributed by atoms with van der Waals surface area (Å²) in [5.74, 6) is -0.294. The van der Waals surface area contributed by atoms with Crippen molar-refractivity contribution in [2.75, 3.05) is 13.6 Å². The Hall–Kier alpha value is -1.88. The lowest BCUT2D eigenvalue weighted by atomic mass is 10.00. The van der Waals surface area contributed by atoms with Crippen LogP contribution in [0.5, 0.6) is 0 Å². The third-order valence-electron chi connectivity index (χ3n) is 4.21. The van der Waals surface area contributed by atoms with E-state index in [9.17, 15) is 9.50 Å². The van der Waals surface area contributed by atoms with Crippen LogP contribution in [0.2, 0.25) is 0 Å². The topological polar surface area (TPSA) is 37.2 Å². The fourth-order valence-electron chi connectivity index (χ4n) is 3.22. The molecule has 0 aliphatic rings. The summed E-state index contributed by atoms with van der Waals surface area (Å²) in [6, 6.07) is 14.2. The molecule has 1 aromatic heterocycles. The maximum Gasteiger partial charge on any atom is 0.123 e. The lowest BCUT2D eigenvalue weighted by Crippen LogP contribution is -2.33. The maximum absolute atomic E-state index is 13.7. The molecule has 128 valence electrons. The quantitative estimate of drug-likeness (QED) is 0.738. The van der Waals surface area contributed by atoms with Gasteiger partial charge in [0.15, 0.2) is 0 Å². The molecule has 0 radical (unpaired) electrons. The lowest BCUT2D eigenvalue weighted by Gasteiger charge is -2.26. The van der Waals surface area contributed by atoms with Crippen molar-refractivity contribution in [3.8, 4) is 0 Å². The zero-order valence-corrected chi connectivity index (χ0v) is 14.6. The molecule has 0 unspecified atom stereocenters. The molecule has 1 heterocycles. The van der Waals surface area contributed by atoms with Gasteiger partial charge in [-0.3, -0.25) is 0 Å². The number of benzene rings is 2. The Labute approximate surface area is 147 Å². The predicted octanol–water partition coefficient (Wildman–Crippen LogP) is 3.68. The monoisotopic (exact) mass is 348 g/mol. The van der Waals surface area contributed by atoms with Crippen molar-refractivity contribution in [2.45, 2.75) is 19.1 Å². The largest absolute Gasteiger partial charge is 0.389 e. The van der Waals surface area contributed by atoms with Crippen molar-refractivity contribution in [3.05, 3.63) is 71.7 Å². The van der Waals surface area contributed by atoms with E-state index in [2.05, 4.69) is 5.32 Å². The number of aliphatic hydroxyl groups is 1. The number of fused-ring (bicyclic) bond motifs is 1. The molecule has 3 aromatic rings. The molecule has 5 heteroatoms. The first kappa shape index (κ1) is 18.5. The number of aryl methyl sites for hydroxylation is 1. The van der Waals surface area contributed by atoms with Gasteiger partial charge in [-0.25, -0.2) is 4.39 Å². The highest BCUT2D eigenvalue weighted by Crippen LogP contribution is 2.30. The van der Waals surface area contributed by atoms with E-state index >= 15 is 0 Å². The Balaban J connectivity index is 0.00000208. The van der Waals surface area contributed by atoms with E-state index in [0.29, 0.717) is 6.54 Å². The third kappa shape index (κ3) is 3.46. The average molecular weight is 349 g/mol. The molecule has 3 nitrogen and oxygen atoms in total. The normalized spacial score (nSPS) is 13.5. The van der Waals surface area contributed by atoms with Gasteiger partial charge < -0.3 is 15.0 Å². The average Bonchev–Trinajstić information content (AvgIpc) is 2.93. The van der Waals surface area contributed by atoms with Crippen LogP contribution in [-0.4, -0.2) is 29.4 Å². The first-order chi connectivity index (χ1) is 11.1. The zero-order valence-electron chi connectivity index (χ0n) is 13.7.